The molecule has 12 heavy (non-hydrogen) atoms. The van der Waals surface area contributed by atoms with Crippen LogP contribution in [0.3, 0.4) is 0 Å². The molecule has 0 unspecified atom stereocenters. The lowest BCUT2D eigenvalue weighted by atomic mass is 10.4. The quantitative estimate of drug-likeness (QED) is 0.677. The summed E-state index contributed by atoms with van der Waals surface area (Å²) >= 11 is 0. The molecule has 4 heteroatoms. The van der Waals surface area contributed by atoms with Gasteiger partial charge in [-0.15, -0.1) is 0 Å². The second kappa shape index (κ2) is 3.71. The Balaban J connectivity index is 2.78. The Kier molecular flexibility index (Phi) is 2.63. The summed E-state index contributed by atoms with van der Waals surface area (Å²) in [7, 11) is 0. The highest BCUT2D eigenvalue weighted by Crippen LogP contribution is 2.09. The zero-order chi connectivity index (χ0) is 8.97. The monoisotopic (exact) mass is 165 g/mol. The van der Waals surface area contributed by atoms with Crippen LogP contribution in [0.2, 0.25) is 0 Å². The second-order valence-electron chi connectivity index (χ2n) is 2.31. The summed E-state index contributed by atoms with van der Waals surface area (Å²) in [4.78, 5) is 7.77. The summed E-state index contributed by atoms with van der Waals surface area (Å²) in [5.41, 5.74) is 6.20. The first-order chi connectivity index (χ1) is 5.72. The first-order valence-corrected chi connectivity index (χ1v) is 3.57. The van der Waals surface area contributed by atoms with Gasteiger partial charge in [-0.1, -0.05) is 12.7 Å². The van der Waals surface area contributed by atoms with E-state index in [2.05, 4.69) is 16.5 Å². The van der Waals surface area contributed by atoms with Crippen molar-refractivity contribution in [2.75, 3.05) is 12.3 Å². The molecule has 0 spiro atoms. The minimum Gasteiger partial charge on any atom is -0.473 e. The summed E-state index contributed by atoms with van der Waals surface area (Å²) in [5, 5.41) is 0. The van der Waals surface area contributed by atoms with E-state index >= 15 is 0 Å². The first-order valence-electron chi connectivity index (χ1n) is 3.57. The van der Waals surface area contributed by atoms with Gasteiger partial charge in [-0.3, -0.25) is 0 Å². The molecule has 64 valence electrons. The fourth-order valence-electron chi connectivity index (χ4n) is 0.780. The fourth-order valence-corrected chi connectivity index (χ4v) is 0.780. The molecule has 0 saturated heterocycles. The molecule has 0 aliphatic carbocycles. The van der Waals surface area contributed by atoms with Crippen LogP contribution >= 0.6 is 0 Å². The Hall–Kier alpha value is -1.58. The fraction of sp³-hybridized carbons (Fsp3) is 0.250. The molecule has 0 bridgehead atoms. The molecule has 2 N–H and O–H groups in total. The van der Waals surface area contributed by atoms with Crippen molar-refractivity contribution in [3.05, 3.63) is 24.4 Å². The second-order valence-corrected chi connectivity index (χ2v) is 2.31. The number of hydrogen-bond acceptors (Lipinski definition) is 4. The lowest BCUT2D eigenvalue weighted by molar-refractivity contribution is 0.348. The zero-order valence-electron chi connectivity index (χ0n) is 6.95. The van der Waals surface area contributed by atoms with Gasteiger partial charge in [0.05, 0.1) is 0 Å². The normalized spacial score (nSPS) is 9.42. The van der Waals surface area contributed by atoms with Gasteiger partial charge in [-0.2, -0.15) is 4.98 Å². The molecule has 1 rings (SSSR count). The number of rotatable bonds is 3. The lowest BCUT2D eigenvalue weighted by Gasteiger charge is -2.02. The van der Waals surface area contributed by atoms with Crippen molar-refractivity contribution < 1.29 is 4.74 Å². The third kappa shape index (κ3) is 2.23. The van der Waals surface area contributed by atoms with Gasteiger partial charge in [0, 0.05) is 11.8 Å². The highest BCUT2D eigenvalue weighted by atomic mass is 16.5. The third-order valence-electron chi connectivity index (χ3n) is 1.20. The Morgan fingerprint density at radius 1 is 1.67 bits per heavy atom. The molecular formula is C8H11N3O. The molecule has 0 radical (unpaired) electrons. The number of anilines is 1. The van der Waals surface area contributed by atoms with E-state index in [1.54, 1.807) is 12.1 Å². The molecule has 0 aliphatic heterocycles. The summed E-state index contributed by atoms with van der Waals surface area (Å²) < 4.78 is 5.17. The first kappa shape index (κ1) is 8.52. The van der Waals surface area contributed by atoms with Crippen LogP contribution in [-0.4, -0.2) is 16.6 Å². The van der Waals surface area contributed by atoms with Crippen LogP contribution in [0.15, 0.2) is 18.7 Å². The number of aryl methyl sites for hydroxylation is 1. The van der Waals surface area contributed by atoms with Gasteiger partial charge in [-0.05, 0) is 6.92 Å². The van der Waals surface area contributed by atoms with Crippen LogP contribution in [0.4, 0.5) is 5.95 Å². The molecule has 0 fully saturated rings. The van der Waals surface area contributed by atoms with Gasteiger partial charge in [0.15, 0.2) is 0 Å². The van der Waals surface area contributed by atoms with Crippen LogP contribution in [0.25, 0.3) is 0 Å². The predicted molar refractivity (Wildman–Crippen MR) is 46.9 cm³/mol. The van der Waals surface area contributed by atoms with E-state index in [4.69, 9.17) is 10.5 Å². The number of nitrogens with zero attached hydrogens (tertiary/aromatic N) is 2. The maximum absolute atomic E-state index is 5.40. The molecule has 0 amide bonds. The van der Waals surface area contributed by atoms with Crippen molar-refractivity contribution in [1.29, 1.82) is 0 Å². The third-order valence-corrected chi connectivity index (χ3v) is 1.20. The van der Waals surface area contributed by atoms with E-state index in [0.29, 0.717) is 12.5 Å². The molecule has 1 aromatic heterocycles. The minimum absolute atomic E-state index is 0.231. The molecule has 0 aliphatic rings. The van der Waals surface area contributed by atoms with E-state index in [9.17, 15) is 0 Å². The van der Waals surface area contributed by atoms with E-state index in [0.717, 1.165) is 5.69 Å². The SMILES string of the molecule is C=CCOc1cc(C)nc(N)n1. The smallest absolute Gasteiger partial charge is 0.223 e. The molecule has 4 nitrogen and oxygen atoms in total. The van der Waals surface area contributed by atoms with Crippen LogP contribution in [0.1, 0.15) is 5.69 Å². The summed E-state index contributed by atoms with van der Waals surface area (Å²) in [6.45, 7) is 5.78. The van der Waals surface area contributed by atoms with Gasteiger partial charge >= 0.3 is 0 Å². The van der Waals surface area contributed by atoms with Gasteiger partial charge in [0.1, 0.15) is 6.61 Å². The number of hydrogen-bond donors (Lipinski definition) is 1. The van der Waals surface area contributed by atoms with Crippen LogP contribution in [0, 0.1) is 6.92 Å². The van der Waals surface area contributed by atoms with Crippen molar-refractivity contribution in [2.45, 2.75) is 6.92 Å². The summed E-state index contributed by atoms with van der Waals surface area (Å²) in [6, 6.07) is 1.72. The van der Waals surface area contributed by atoms with Crippen molar-refractivity contribution in [2.24, 2.45) is 0 Å². The molecular weight excluding hydrogens is 154 g/mol. The lowest BCUT2D eigenvalue weighted by Crippen LogP contribution is -2.01. The molecule has 1 aromatic rings. The Bertz CT molecular complexity index is 265. The summed E-state index contributed by atoms with van der Waals surface area (Å²) in [5.74, 6) is 0.717. The number of aromatic nitrogens is 2. The van der Waals surface area contributed by atoms with E-state index < -0.39 is 0 Å². The topological polar surface area (TPSA) is 61.0 Å². The van der Waals surface area contributed by atoms with Gasteiger partial charge < -0.3 is 10.5 Å². The van der Waals surface area contributed by atoms with Crippen molar-refractivity contribution >= 4 is 5.95 Å². The molecule has 0 aromatic carbocycles. The van der Waals surface area contributed by atoms with Crippen molar-refractivity contribution in [3.8, 4) is 5.88 Å². The van der Waals surface area contributed by atoms with Crippen molar-refractivity contribution in [3.63, 3.8) is 0 Å². The minimum atomic E-state index is 0.231. The highest BCUT2D eigenvalue weighted by molar-refractivity contribution is 5.25. The van der Waals surface area contributed by atoms with E-state index in [-0.39, 0.29) is 5.95 Å². The maximum atomic E-state index is 5.40. The van der Waals surface area contributed by atoms with Crippen molar-refractivity contribution in [1.82, 2.24) is 9.97 Å². The largest absolute Gasteiger partial charge is 0.473 e. The molecule has 1 heterocycles. The maximum Gasteiger partial charge on any atom is 0.223 e. The van der Waals surface area contributed by atoms with Gasteiger partial charge in [0.25, 0.3) is 0 Å². The Morgan fingerprint density at radius 3 is 3.00 bits per heavy atom. The van der Waals surface area contributed by atoms with E-state index in [1.165, 1.54) is 0 Å². The zero-order valence-corrected chi connectivity index (χ0v) is 6.95. The Labute approximate surface area is 71.1 Å². The van der Waals surface area contributed by atoms with Crippen LogP contribution in [-0.2, 0) is 0 Å². The van der Waals surface area contributed by atoms with Gasteiger partial charge in [0.2, 0.25) is 11.8 Å². The number of ether oxygens (including phenoxy) is 1. The number of nitrogens with two attached hydrogens (primary N) is 1. The van der Waals surface area contributed by atoms with Crippen LogP contribution < -0.4 is 10.5 Å². The number of nitrogen functional groups attached to an aromatic ring is 1. The standard InChI is InChI=1S/C8H11N3O/c1-3-4-12-7-5-6(2)10-8(9)11-7/h3,5H,1,4H2,2H3,(H2,9,10,11). The highest BCUT2D eigenvalue weighted by Gasteiger charge is 1.97. The summed E-state index contributed by atoms with van der Waals surface area (Å²) in [6.07, 6.45) is 1.65. The van der Waals surface area contributed by atoms with Crippen LogP contribution in [0.5, 0.6) is 5.88 Å². The Morgan fingerprint density at radius 2 is 2.42 bits per heavy atom. The predicted octanol–water partition coefficient (Wildman–Crippen LogP) is 0.932. The molecule has 0 atom stereocenters. The molecule has 0 saturated carbocycles. The van der Waals surface area contributed by atoms with Gasteiger partial charge in [-0.25, -0.2) is 4.98 Å². The average molecular weight is 165 g/mol. The van der Waals surface area contributed by atoms with E-state index in [1.807, 2.05) is 6.92 Å². The average Bonchev–Trinajstić information content (AvgIpc) is 1.99.